The van der Waals surface area contributed by atoms with Gasteiger partial charge in [0.2, 0.25) is 11.7 Å². The van der Waals surface area contributed by atoms with Crippen LogP contribution >= 0.6 is 0 Å². The average Bonchev–Trinajstić information content (AvgIpc) is 3.67. The number of carbonyl (C=O) groups is 2. The summed E-state index contributed by atoms with van der Waals surface area (Å²) in [4.78, 5) is 35.1. The van der Waals surface area contributed by atoms with E-state index in [2.05, 4.69) is 41.1 Å². The summed E-state index contributed by atoms with van der Waals surface area (Å²) in [6.07, 6.45) is 2.37. The molecule has 0 radical (unpaired) electrons. The Labute approximate surface area is 260 Å². The lowest BCUT2D eigenvalue weighted by Crippen LogP contribution is -2.39. The summed E-state index contributed by atoms with van der Waals surface area (Å²) in [5.41, 5.74) is 2.66. The molecule has 0 spiro atoms. The van der Waals surface area contributed by atoms with Crippen molar-refractivity contribution in [3.8, 4) is 22.5 Å². The minimum atomic E-state index is -1.41. The van der Waals surface area contributed by atoms with E-state index in [1.54, 1.807) is 18.4 Å². The van der Waals surface area contributed by atoms with E-state index in [1.807, 2.05) is 55.5 Å². The third-order valence-electron chi connectivity index (χ3n) is 6.94. The van der Waals surface area contributed by atoms with Gasteiger partial charge in [-0.05, 0) is 55.0 Å². The first-order valence-electron chi connectivity index (χ1n) is 14.7. The number of tetrazole rings is 1. The highest BCUT2D eigenvalue weighted by atomic mass is 17.1. The van der Waals surface area contributed by atoms with Crippen LogP contribution in [0.5, 0.6) is 0 Å². The first kappa shape index (κ1) is 33.4. The molecular formula is C30H39N9O6. The molecule has 2 heterocycles. The predicted molar refractivity (Wildman–Crippen MR) is 162 cm³/mol. The molecule has 0 aliphatic rings. The van der Waals surface area contributed by atoms with Crippen molar-refractivity contribution in [1.82, 2.24) is 46.2 Å². The lowest BCUT2D eigenvalue weighted by atomic mass is 9.98. The smallest absolute Gasteiger partial charge is 0.270 e. The van der Waals surface area contributed by atoms with E-state index in [1.165, 1.54) is 0 Å². The number of imidazole rings is 1. The second-order valence-corrected chi connectivity index (χ2v) is 10.9. The highest BCUT2D eigenvalue weighted by molar-refractivity contribution is 5.96. The molecule has 0 unspecified atom stereocenters. The van der Waals surface area contributed by atoms with Gasteiger partial charge in [-0.25, -0.2) is 4.98 Å². The van der Waals surface area contributed by atoms with Crippen LogP contribution in [0.25, 0.3) is 22.5 Å². The van der Waals surface area contributed by atoms with Crippen LogP contribution in [0, 0.1) is 0 Å². The summed E-state index contributed by atoms with van der Waals surface area (Å²) in [6.45, 7) is 5.60. The van der Waals surface area contributed by atoms with Crippen LogP contribution in [-0.2, 0) is 28.2 Å². The molecule has 45 heavy (non-hydrogen) atoms. The number of rotatable bonds is 16. The summed E-state index contributed by atoms with van der Waals surface area (Å²) in [5.74, 6) is 0.230. The Hall–Kier alpha value is -4.54. The van der Waals surface area contributed by atoms with Crippen LogP contribution in [-0.4, -0.2) is 82.6 Å². The fourth-order valence-electron chi connectivity index (χ4n) is 4.83. The van der Waals surface area contributed by atoms with Crippen LogP contribution in [0.2, 0.25) is 0 Å². The number of amides is 2. The van der Waals surface area contributed by atoms with Crippen molar-refractivity contribution in [2.45, 2.75) is 58.6 Å². The van der Waals surface area contributed by atoms with Crippen LogP contribution in [0.3, 0.4) is 0 Å². The molecule has 6 N–H and O–H groups in total. The minimum Gasteiger partial charge on any atom is -0.384 e. The summed E-state index contributed by atoms with van der Waals surface area (Å²) in [5, 5.41) is 47.4. The van der Waals surface area contributed by atoms with Crippen LogP contribution < -0.4 is 10.6 Å². The molecule has 2 aromatic heterocycles. The highest BCUT2D eigenvalue weighted by Gasteiger charge is 2.31. The fourth-order valence-corrected chi connectivity index (χ4v) is 4.83. The van der Waals surface area contributed by atoms with Crippen LogP contribution in [0.1, 0.15) is 67.6 Å². The number of H-pyrrole nitrogens is 1. The number of aliphatic hydroxyl groups is 1. The maximum atomic E-state index is 13.6. The number of hydrogen-bond acceptors (Lipinski definition) is 11. The number of aryl methyl sites for hydroxylation is 1. The SMILES string of the molecule is CCCc1nc(C(C)(C)O)c(C(=O)NCC(=O)NCCCCON(O)O)n1Cc1ccc(-c2ccccc2-c2nn[nH]n2)cc1. The summed E-state index contributed by atoms with van der Waals surface area (Å²) in [7, 11) is 0. The highest BCUT2D eigenvalue weighted by Crippen LogP contribution is 2.30. The molecule has 0 aliphatic carbocycles. The zero-order valence-electron chi connectivity index (χ0n) is 25.5. The van der Waals surface area contributed by atoms with Gasteiger partial charge in [-0.15, -0.1) is 10.2 Å². The summed E-state index contributed by atoms with van der Waals surface area (Å²) < 4.78 is 1.80. The number of hydrogen-bond donors (Lipinski definition) is 6. The maximum Gasteiger partial charge on any atom is 0.270 e. The normalized spacial score (nSPS) is 11.6. The third kappa shape index (κ3) is 8.99. The molecule has 0 atom stereocenters. The van der Waals surface area contributed by atoms with E-state index >= 15 is 0 Å². The Bertz CT molecular complexity index is 1550. The average molecular weight is 622 g/mol. The Kier molecular flexibility index (Phi) is 11.5. The Balaban J connectivity index is 1.52. The first-order chi connectivity index (χ1) is 21.6. The van der Waals surface area contributed by atoms with Gasteiger partial charge in [-0.2, -0.15) is 5.21 Å². The molecule has 4 aromatic rings. The molecule has 4 rings (SSSR count). The molecule has 0 saturated carbocycles. The lowest BCUT2D eigenvalue weighted by Gasteiger charge is -2.18. The molecule has 15 heteroatoms. The molecule has 0 aliphatic heterocycles. The predicted octanol–water partition coefficient (Wildman–Crippen LogP) is 2.60. The van der Waals surface area contributed by atoms with Gasteiger partial charge in [0, 0.05) is 25.1 Å². The van der Waals surface area contributed by atoms with Crippen LogP contribution in [0.15, 0.2) is 48.5 Å². The Morgan fingerprint density at radius 2 is 1.78 bits per heavy atom. The number of carbonyl (C=O) groups excluding carboxylic acids is 2. The largest absolute Gasteiger partial charge is 0.384 e. The van der Waals surface area contributed by atoms with Gasteiger partial charge >= 0.3 is 0 Å². The third-order valence-corrected chi connectivity index (χ3v) is 6.94. The van der Waals surface area contributed by atoms with Gasteiger partial charge in [0.25, 0.3) is 5.91 Å². The zero-order chi connectivity index (χ0) is 32.4. The molecule has 15 nitrogen and oxygen atoms in total. The molecule has 2 aromatic carbocycles. The van der Waals surface area contributed by atoms with Gasteiger partial charge in [0.15, 0.2) is 0 Å². The molecule has 2 amide bonds. The van der Waals surface area contributed by atoms with Gasteiger partial charge < -0.3 is 20.3 Å². The summed E-state index contributed by atoms with van der Waals surface area (Å²) >= 11 is 0. The zero-order valence-corrected chi connectivity index (χ0v) is 25.5. The minimum absolute atomic E-state index is 0.0691. The monoisotopic (exact) mass is 621 g/mol. The standard InChI is InChI=1S/C30H39N9O6/c1-4-9-24-33-27(30(2,3)42)26(29(41)32-18-25(40)31-16-7-8-17-45-39(43)44)38(24)19-20-12-14-21(15-13-20)22-10-5-6-11-23(22)28-34-36-37-35-28/h5-6,10-15,42-44H,4,7-9,16-19H2,1-3H3,(H,31,40)(H,32,41)(H,34,35,36,37). The van der Waals surface area contributed by atoms with Crippen molar-refractivity contribution in [2.75, 3.05) is 19.7 Å². The Morgan fingerprint density at radius 3 is 2.42 bits per heavy atom. The number of nitrogens with one attached hydrogen (secondary N) is 3. The van der Waals surface area contributed by atoms with Crippen molar-refractivity contribution in [3.63, 3.8) is 0 Å². The second-order valence-electron chi connectivity index (χ2n) is 10.9. The molecular weight excluding hydrogens is 582 g/mol. The van der Waals surface area contributed by atoms with Gasteiger partial charge in [0.1, 0.15) is 22.8 Å². The molecule has 0 saturated heterocycles. The topological polar surface area (TPSA) is 204 Å². The van der Waals surface area contributed by atoms with Crippen molar-refractivity contribution in [1.29, 1.82) is 0 Å². The van der Waals surface area contributed by atoms with Crippen molar-refractivity contribution < 1.29 is 29.9 Å². The fraction of sp³-hybridized carbons (Fsp3) is 0.400. The van der Waals surface area contributed by atoms with Crippen molar-refractivity contribution in [3.05, 3.63) is 71.3 Å². The van der Waals surface area contributed by atoms with E-state index in [9.17, 15) is 14.7 Å². The van der Waals surface area contributed by atoms with Crippen molar-refractivity contribution in [2.24, 2.45) is 0 Å². The second kappa shape index (κ2) is 15.5. The first-order valence-corrected chi connectivity index (χ1v) is 14.7. The number of nitrogens with zero attached hydrogens (tertiary/aromatic N) is 6. The van der Waals surface area contributed by atoms with Gasteiger partial charge in [-0.1, -0.05) is 55.5 Å². The number of aromatic amines is 1. The van der Waals surface area contributed by atoms with E-state index < -0.39 is 17.4 Å². The Morgan fingerprint density at radius 1 is 1.04 bits per heavy atom. The van der Waals surface area contributed by atoms with Gasteiger partial charge in [-0.3, -0.25) is 24.8 Å². The number of unbranched alkanes of at least 4 members (excludes halogenated alkanes) is 1. The number of aromatic nitrogens is 6. The lowest BCUT2D eigenvalue weighted by molar-refractivity contribution is -0.492. The van der Waals surface area contributed by atoms with E-state index in [0.29, 0.717) is 44.0 Å². The maximum absolute atomic E-state index is 13.6. The van der Waals surface area contributed by atoms with E-state index in [0.717, 1.165) is 28.7 Å². The summed E-state index contributed by atoms with van der Waals surface area (Å²) in [6, 6.07) is 15.7. The van der Waals surface area contributed by atoms with Crippen LogP contribution in [0.4, 0.5) is 0 Å². The quantitative estimate of drug-likeness (QED) is 0.0792. The molecule has 0 fully saturated rings. The van der Waals surface area contributed by atoms with Gasteiger partial charge in [0.05, 0.1) is 18.5 Å². The van der Waals surface area contributed by atoms with E-state index in [-0.39, 0.29) is 29.9 Å². The molecule has 0 bridgehead atoms. The molecule has 240 valence electrons. The van der Waals surface area contributed by atoms with E-state index in [4.69, 9.17) is 10.4 Å². The van der Waals surface area contributed by atoms with Crippen molar-refractivity contribution >= 4 is 11.8 Å². The number of benzene rings is 2.